The highest BCUT2D eigenvalue weighted by molar-refractivity contribution is 5.99. The van der Waals surface area contributed by atoms with Gasteiger partial charge in [-0.2, -0.15) is 0 Å². The minimum Gasteiger partial charge on any atom is -0.463 e. The number of nitrogens with one attached hydrogen (secondary N) is 2. The molecule has 226 valence electrons. The number of hydrogen-bond acceptors (Lipinski definition) is 6. The van der Waals surface area contributed by atoms with Crippen molar-refractivity contribution >= 4 is 68.4 Å². The van der Waals surface area contributed by atoms with Crippen LogP contribution in [0, 0.1) is 0 Å². The molecule has 3 aromatic rings. The molecule has 8 heteroatoms. The molecule has 0 saturated carbocycles. The lowest BCUT2D eigenvalue weighted by atomic mass is 10.0. The molecule has 0 aliphatic carbocycles. The van der Waals surface area contributed by atoms with Gasteiger partial charge in [-0.05, 0) is 111 Å². The van der Waals surface area contributed by atoms with Gasteiger partial charge in [-0.25, -0.2) is 19.6 Å². The van der Waals surface area contributed by atoms with Crippen LogP contribution in [0.2, 0.25) is 0 Å². The van der Waals surface area contributed by atoms with E-state index in [4.69, 9.17) is 19.4 Å². The molecule has 0 atom stereocenters. The molecule has 0 spiro atoms. The van der Waals surface area contributed by atoms with Crippen molar-refractivity contribution in [1.82, 2.24) is 19.9 Å². The summed E-state index contributed by atoms with van der Waals surface area (Å²) in [5.74, 6) is -0.909. The molecule has 2 N–H and O–H groups in total. The Morgan fingerprint density at radius 1 is 0.659 bits per heavy atom. The summed E-state index contributed by atoms with van der Waals surface area (Å²) >= 11 is 0. The summed E-state index contributed by atoms with van der Waals surface area (Å²) in [5.41, 5.74) is 12.7. The van der Waals surface area contributed by atoms with E-state index in [9.17, 15) is 9.59 Å². The summed E-state index contributed by atoms with van der Waals surface area (Å²) in [6.07, 6.45) is 7.83. The summed E-state index contributed by atoms with van der Waals surface area (Å²) < 4.78 is 10.3. The van der Waals surface area contributed by atoms with Crippen molar-refractivity contribution in [3.05, 3.63) is 82.5 Å². The third-order valence-corrected chi connectivity index (χ3v) is 7.84. The fourth-order valence-electron chi connectivity index (χ4n) is 5.67. The lowest BCUT2D eigenvalue weighted by Crippen LogP contribution is -1.99. The number of carbonyl (C=O) groups excluding carboxylic acids is 2. The molecule has 5 rings (SSSR count). The summed E-state index contributed by atoms with van der Waals surface area (Å²) in [6, 6.07) is 12.2. The van der Waals surface area contributed by atoms with Crippen molar-refractivity contribution in [2.75, 3.05) is 13.2 Å². The number of H-pyrrole nitrogens is 2. The zero-order valence-corrected chi connectivity index (χ0v) is 26.1. The van der Waals surface area contributed by atoms with Gasteiger partial charge in [0.15, 0.2) is 0 Å². The highest BCUT2D eigenvalue weighted by atomic mass is 16.5. The summed E-state index contributed by atoms with van der Waals surface area (Å²) in [5, 5.41) is 0. The van der Waals surface area contributed by atoms with Crippen molar-refractivity contribution in [2.45, 2.75) is 54.4 Å². The number of rotatable bonds is 8. The first kappa shape index (κ1) is 30.5. The SMILES string of the molecule is CCOC(=O)/C=C/c1c(/C=C/C(=O)OCC)c2cc3nc(cc4ccc(cc5nc(cc1[nH]2)C(CC)=C5C)[nH]4)C(C)=C3CC. The van der Waals surface area contributed by atoms with Gasteiger partial charge in [-0.1, -0.05) is 13.8 Å². The van der Waals surface area contributed by atoms with Gasteiger partial charge in [-0.15, -0.1) is 0 Å². The average Bonchev–Trinajstić information content (AvgIpc) is 3.72. The maximum atomic E-state index is 12.4. The van der Waals surface area contributed by atoms with E-state index in [0.717, 1.165) is 80.0 Å². The molecule has 2 aliphatic heterocycles. The Hall–Kier alpha value is -4.98. The largest absolute Gasteiger partial charge is 0.463 e. The van der Waals surface area contributed by atoms with Gasteiger partial charge in [0, 0.05) is 45.3 Å². The number of nitrogens with zero attached hydrogens (tertiary/aromatic N) is 2. The maximum Gasteiger partial charge on any atom is 0.330 e. The topological polar surface area (TPSA) is 110 Å². The predicted octanol–water partition coefficient (Wildman–Crippen LogP) is 8.15. The van der Waals surface area contributed by atoms with Crippen LogP contribution in [0.15, 0.2) is 48.6 Å². The van der Waals surface area contributed by atoms with Gasteiger partial charge in [0.05, 0.1) is 36.0 Å². The minimum atomic E-state index is -0.454. The molecule has 0 amide bonds. The van der Waals surface area contributed by atoms with E-state index >= 15 is 0 Å². The molecule has 3 aromatic heterocycles. The van der Waals surface area contributed by atoms with Gasteiger partial charge in [0.2, 0.25) is 0 Å². The Bertz CT molecular complexity index is 1780. The molecule has 44 heavy (non-hydrogen) atoms. The standard InChI is InChI=1S/C36H38N4O4/c1-7-25-21(5)29-17-23-11-12-24(37-23)18-30-22(6)26(8-2)32(39-30)20-34-28(14-16-36(42)44-10-4)27(13-15-35(41)43-9-3)33(40-34)19-31(25)38-29/h11-20,37,40H,7-10H2,1-6H3/b15-13+,16-14+,23-17?,24-18?,29-17?,30-18?,31-19?,32-20?,33-19?,34-20?. The van der Waals surface area contributed by atoms with Crippen molar-refractivity contribution in [3.8, 4) is 0 Å². The second kappa shape index (κ2) is 13.1. The monoisotopic (exact) mass is 590 g/mol. The summed E-state index contributed by atoms with van der Waals surface area (Å²) in [4.78, 5) is 42.0. The molecule has 2 aliphatic rings. The first-order chi connectivity index (χ1) is 21.3. The van der Waals surface area contributed by atoms with E-state index in [-0.39, 0.29) is 13.2 Å². The number of fused-ring (bicyclic) bond motifs is 8. The van der Waals surface area contributed by atoms with E-state index in [1.165, 1.54) is 12.2 Å². The average molecular weight is 591 g/mol. The molecule has 8 bridgehead atoms. The van der Waals surface area contributed by atoms with E-state index < -0.39 is 11.9 Å². The Morgan fingerprint density at radius 2 is 1.09 bits per heavy atom. The number of hydrogen-bond donors (Lipinski definition) is 2. The number of aromatic amines is 2. The van der Waals surface area contributed by atoms with Crippen LogP contribution in [0.1, 0.15) is 88.3 Å². The van der Waals surface area contributed by atoms with Crippen LogP contribution in [0.4, 0.5) is 0 Å². The smallest absolute Gasteiger partial charge is 0.330 e. The van der Waals surface area contributed by atoms with E-state index in [0.29, 0.717) is 11.1 Å². The fourth-order valence-corrected chi connectivity index (χ4v) is 5.67. The number of allylic oxidation sites excluding steroid dienone is 4. The molecule has 0 fully saturated rings. The van der Waals surface area contributed by atoms with Gasteiger partial charge >= 0.3 is 11.9 Å². The Morgan fingerprint density at radius 3 is 1.48 bits per heavy atom. The summed E-state index contributed by atoms with van der Waals surface area (Å²) in [6.45, 7) is 12.5. The van der Waals surface area contributed by atoms with Crippen molar-refractivity contribution in [2.24, 2.45) is 0 Å². The summed E-state index contributed by atoms with van der Waals surface area (Å²) in [7, 11) is 0. The van der Waals surface area contributed by atoms with Crippen LogP contribution >= 0.6 is 0 Å². The predicted molar refractivity (Wildman–Crippen MR) is 178 cm³/mol. The third kappa shape index (κ3) is 6.20. The highest BCUT2D eigenvalue weighted by Crippen LogP contribution is 2.35. The first-order valence-electron chi connectivity index (χ1n) is 15.1. The Labute approximate surface area is 257 Å². The second-order valence-corrected chi connectivity index (χ2v) is 10.6. The molecule has 8 nitrogen and oxygen atoms in total. The molecule has 0 radical (unpaired) electrons. The minimum absolute atomic E-state index is 0.267. The number of esters is 2. The molecule has 0 aromatic carbocycles. The molecular weight excluding hydrogens is 552 g/mol. The van der Waals surface area contributed by atoms with Crippen LogP contribution in [-0.4, -0.2) is 45.1 Å². The lowest BCUT2D eigenvalue weighted by molar-refractivity contribution is -0.138. The van der Waals surface area contributed by atoms with E-state index in [1.54, 1.807) is 26.0 Å². The van der Waals surface area contributed by atoms with Gasteiger partial charge in [-0.3, -0.25) is 0 Å². The van der Waals surface area contributed by atoms with Gasteiger partial charge < -0.3 is 19.4 Å². The highest BCUT2D eigenvalue weighted by Gasteiger charge is 2.19. The quantitative estimate of drug-likeness (QED) is 0.202. The van der Waals surface area contributed by atoms with E-state index in [1.807, 2.05) is 12.1 Å². The third-order valence-electron chi connectivity index (χ3n) is 7.84. The number of ether oxygens (including phenoxy) is 2. The Balaban J connectivity index is 1.93. The van der Waals surface area contributed by atoms with Crippen LogP contribution in [-0.2, 0) is 19.1 Å². The van der Waals surface area contributed by atoms with Gasteiger partial charge in [0.25, 0.3) is 0 Å². The number of carbonyl (C=O) groups is 2. The first-order valence-corrected chi connectivity index (χ1v) is 15.1. The van der Waals surface area contributed by atoms with Crippen LogP contribution < -0.4 is 0 Å². The molecular formula is C36H38N4O4. The lowest BCUT2D eigenvalue weighted by Gasteiger charge is -2.00. The molecule has 0 saturated heterocycles. The number of aromatic nitrogens is 4. The van der Waals surface area contributed by atoms with Crippen molar-refractivity contribution in [3.63, 3.8) is 0 Å². The zero-order valence-electron chi connectivity index (χ0n) is 26.1. The van der Waals surface area contributed by atoms with Crippen LogP contribution in [0.25, 0.3) is 56.5 Å². The van der Waals surface area contributed by atoms with Crippen molar-refractivity contribution in [1.29, 1.82) is 0 Å². The normalized spacial score (nSPS) is 13.4. The van der Waals surface area contributed by atoms with Crippen LogP contribution in [0.5, 0.6) is 0 Å². The second-order valence-electron chi connectivity index (χ2n) is 10.6. The van der Waals surface area contributed by atoms with Gasteiger partial charge in [0.1, 0.15) is 0 Å². The Kier molecular flexibility index (Phi) is 9.09. The maximum absolute atomic E-state index is 12.4. The molecule has 5 heterocycles. The zero-order chi connectivity index (χ0) is 31.4. The van der Waals surface area contributed by atoms with Crippen molar-refractivity contribution < 1.29 is 19.1 Å². The fraction of sp³-hybridized carbons (Fsp3) is 0.278. The van der Waals surface area contributed by atoms with Crippen LogP contribution in [0.3, 0.4) is 0 Å². The van der Waals surface area contributed by atoms with E-state index in [2.05, 4.69) is 61.9 Å². The molecule has 0 unspecified atom stereocenters.